The van der Waals surface area contributed by atoms with Crippen molar-refractivity contribution in [3.8, 4) is 5.75 Å². The molecule has 4 aliphatic heterocycles. The summed E-state index contributed by atoms with van der Waals surface area (Å²) in [6.07, 6.45) is 0.819. The summed E-state index contributed by atoms with van der Waals surface area (Å²) in [6.45, 7) is 9.42. The van der Waals surface area contributed by atoms with Gasteiger partial charge in [-0.15, -0.1) is 0 Å². The molecule has 4 N–H and O–H groups in total. The highest BCUT2D eigenvalue weighted by atomic mass is 35.5. The van der Waals surface area contributed by atoms with Gasteiger partial charge in [-0.05, 0) is 82.3 Å². The smallest absolute Gasteiger partial charge is 0.409 e. The number of halogens is 1. The van der Waals surface area contributed by atoms with Gasteiger partial charge in [0, 0.05) is 103 Å². The minimum Gasteiger partial charge on any atom is -0.495 e. The Morgan fingerprint density at radius 3 is 2.36 bits per heavy atom. The van der Waals surface area contributed by atoms with Crippen molar-refractivity contribution in [3.05, 3.63) is 82.5 Å². The molecular weight excluding hydrogens is 1150 g/mol. The second-order valence-electron chi connectivity index (χ2n) is 23.1. The Balaban J connectivity index is 1.03. The van der Waals surface area contributed by atoms with Crippen molar-refractivity contribution in [3.63, 3.8) is 0 Å². The Kier molecular flexibility index (Phi) is 23.8. The first-order chi connectivity index (χ1) is 41.4. The predicted octanol–water partition coefficient (Wildman–Crippen LogP) is 5.23. The number of aromatic nitrogens is 1. The number of amides is 5. The van der Waals surface area contributed by atoms with Crippen LogP contribution < -0.4 is 20.4 Å². The Labute approximate surface area is 513 Å². The largest absolute Gasteiger partial charge is 0.495 e. The Morgan fingerprint density at radius 1 is 0.966 bits per heavy atom. The molecule has 24 nitrogen and oxygen atoms in total. The van der Waals surface area contributed by atoms with Crippen LogP contribution in [0.2, 0.25) is 5.02 Å². The first kappa shape index (κ1) is 67.9. The van der Waals surface area contributed by atoms with Gasteiger partial charge in [-0.25, -0.2) is 14.6 Å². The van der Waals surface area contributed by atoms with E-state index in [1.54, 1.807) is 50.1 Å². The number of rotatable bonds is 24. The van der Waals surface area contributed by atoms with Crippen molar-refractivity contribution in [2.24, 2.45) is 5.92 Å². The van der Waals surface area contributed by atoms with E-state index in [-0.39, 0.29) is 88.0 Å². The molecule has 4 bridgehead atoms. The van der Waals surface area contributed by atoms with Gasteiger partial charge in [0.2, 0.25) is 23.6 Å². The third kappa shape index (κ3) is 17.2. The summed E-state index contributed by atoms with van der Waals surface area (Å²) >= 11 is 6.87. The number of carbonyl (C=O) groups excluding carboxylic acids is 6. The normalized spacial score (nSPS) is 24.0. The number of fused-ring (bicyclic) bond motifs is 6. The van der Waals surface area contributed by atoms with Crippen molar-refractivity contribution >= 4 is 69.9 Å². The van der Waals surface area contributed by atoms with Gasteiger partial charge in [-0.3, -0.25) is 34.7 Å². The highest BCUT2D eigenvalue weighted by Gasteiger charge is 2.64. The number of benzene rings is 2. The number of alkyl carbamates (subject to hydrolysis) is 1. The molecule has 7 rings (SSSR count). The highest BCUT2D eigenvalue weighted by Crippen LogP contribution is 2.49. The van der Waals surface area contributed by atoms with E-state index in [2.05, 4.69) is 33.5 Å². The summed E-state index contributed by atoms with van der Waals surface area (Å²) in [4.78, 5) is 101. The zero-order valence-electron chi connectivity index (χ0n) is 51.7. The van der Waals surface area contributed by atoms with Crippen molar-refractivity contribution < 1.29 is 76.9 Å². The number of carbonyl (C=O) groups is 7. The van der Waals surface area contributed by atoms with Crippen molar-refractivity contribution in [1.29, 1.82) is 0 Å². The van der Waals surface area contributed by atoms with Gasteiger partial charge < -0.3 is 67.5 Å². The van der Waals surface area contributed by atoms with E-state index in [4.69, 9.17) is 49.9 Å². The average Bonchev–Trinajstić information content (AvgIpc) is 1.92. The van der Waals surface area contributed by atoms with Crippen LogP contribution in [0.15, 0.2) is 66.3 Å². The number of hydrogen-bond acceptors (Lipinski definition) is 17. The standard InChI is InChI=1S/C62H87ClN8O16/c1-39-14-13-17-50(82-10)62(80)37-49(85-60(79)65-62)40(2)58-61(4,87-58)51(36-55(75)68(8)47-33-42(32-39)34-48(81-9)57(47)63)86-59(78)41(3)67(7)52(72)18-19-54(74)71(27-29-84-31-30-83-28-23-56(76)77)44-20-24-69(25-21-44)53(73)22-26-70-45(38-66(6)64-5)35-43-15-11-12-16-46(43)70/h11-17,33-35,40-41,44,49-51,58,64,80H,18-32,36-38H2,1-10H3,(H,65,79)(H,76,77)/t40-,41+,49+,50-,51+,58?,61?,62+/m1/s1. The topological polar surface area (TPSA) is 273 Å². The number of epoxide rings is 1. The Bertz CT molecular complexity index is 3000. The van der Waals surface area contributed by atoms with E-state index < -0.39 is 84.0 Å². The van der Waals surface area contributed by atoms with Gasteiger partial charge in [0.1, 0.15) is 40.7 Å². The van der Waals surface area contributed by atoms with E-state index in [1.807, 2.05) is 49.1 Å². The monoisotopic (exact) mass is 1230 g/mol. The minimum atomic E-state index is -1.90. The molecule has 25 heteroatoms. The second-order valence-corrected chi connectivity index (χ2v) is 23.5. The number of allylic oxidation sites excluding steroid dienone is 3. The number of hydrazine groups is 1. The number of anilines is 1. The number of aryl methyl sites for hydroxylation is 1. The number of esters is 1. The molecule has 0 radical (unpaired) electrons. The quantitative estimate of drug-likeness (QED) is 0.0387. The molecule has 3 aromatic rings. The molecule has 0 saturated carbocycles. The third-order valence-corrected chi connectivity index (χ3v) is 17.6. The molecule has 3 saturated heterocycles. The fourth-order valence-corrected chi connectivity index (χ4v) is 12.0. The van der Waals surface area contributed by atoms with Gasteiger partial charge in [-0.1, -0.05) is 60.5 Å². The first-order valence-corrected chi connectivity index (χ1v) is 30.0. The number of carboxylic acids is 1. The second kappa shape index (κ2) is 30.5. The number of hydrogen-bond donors (Lipinski definition) is 4. The molecule has 2 aromatic carbocycles. The van der Waals surface area contributed by atoms with Crippen LogP contribution in [-0.4, -0.2) is 212 Å². The summed E-state index contributed by atoms with van der Waals surface area (Å²) in [6, 6.07) is 12.3. The summed E-state index contributed by atoms with van der Waals surface area (Å²) in [7, 11) is 9.66. The Morgan fingerprint density at radius 2 is 1.67 bits per heavy atom. The molecule has 0 spiro atoms. The number of ether oxygens (including phenoxy) is 7. The summed E-state index contributed by atoms with van der Waals surface area (Å²) in [5.74, 6) is -3.51. The summed E-state index contributed by atoms with van der Waals surface area (Å²) < 4.78 is 43.0. The van der Waals surface area contributed by atoms with Crippen molar-refractivity contribution in [1.82, 2.24) is 35.0 Å². The number of methoxy groups -OCH3 is 2. The molecule has 2 unspecified atom stereocenters. The molecule has 5 heterocycles. The number of piperidine rings is 1. The SMILES string of the molecule is CNN(C)Cc1cc2ccccc2n1CCC(=O)N1CCC(N(CCOCCOCCC(=O)O)C(=O)CCC(=O)N(C)[C@@H](C)C(=O)O[C@H]2CC(=O)N(C)c3cc(cc(OC)c3Cl)CC(C)=CC=C[C@@H](OC)[C@@]3(O)C[C@H](OC(=O)N3)[C@@H](C)C3OC32C)CC1. The molecule has 8 atom stereocenters. The number of nitrogens with one attached hydrogen (secondary N) is 2. The molecule has 1 aromatic heterocycles. The van der Waals surface area contributed by atoms with Gasteiger partial charge in [-0.2, -0.15) is 0 Å². The maximum absolute atomic E-state index is 14.5. The fourth-order valence-electron chi connectivity index (χ4n) is 11.7. The van der Waals surface area contributed by atoms with Crippen LogP contribution in [0.3, 0.4) is 0 Å². The van der Waals surface area contributed by atoms with Gasteiger partial charge in [0.15, 0.2) is 5.72 Å². The lowest BCUT2D eigenvalue weighted by molar-refractivity contribution is -0.162. The zero-order valence-corrected chi connectivity index (χ0v) is 52.5. The molecule has 478 valence electrons. The van der Waals surface area contributed by atoms with Crippen LogP contribution in [0.1, 0.15) is 90.3 Å². The van der Waals surface area contributed by atoms with Gasteiger partial charge >= 0.3 is 18.0 Å². The van der Waals surface area contributed by atoms with E-state index in [0.29, 0.717) is 56.9 Å². The molecular formula is C62H87ClN8O16. The summed E-state index contributed by atoms with van der Waals surface area (Å²) in [5.41, 5.74) is 3.98. The van der Waals surface area contributed by atoms with Crippen LogP contribution in [0.25, 0.3) is 10.9 Å². The number of likely N-dealkylation sites (tertiary alicyclic amines) is 1. The number of likely N-dealkylation sites (N-methyl/N-ethyl adjacent to an activating group) is 1. The van der Waals surface area contributed by atoms with E-state index in [9.17, 15) is 38.7 Å². The number of aliphatic carboxylic acids is 1. The number of para-hydroxylation sites is 1. The zero-order chi connectivity index (χ0) is 63.3. The number of aliphatic hydroxyl groups is 1. The van der Waals surface area contributed by atoms with Crippen LogP contribution in [0.5, 0.6) is 5.75 Å². The van der Waals surface area contributed by atoms with Gasteiger partial charge in [0.05, 0.1) is 64.7 Å². The van der Waals surface area contributed by atoms with Gasteiger partial charge in [0.25, 0.3) is 0 Å². The lowest BCUT2D eigenvalue weighted by atomic mass is 9.83. The molecule has 0 aliphatic carbocycles. The number of carboxylic acid groups (broad SMARTS) is 1. The third-order valence-electron chi connectivity index (χ3n) is 17.2. The lowest BCUT2D eigenvalue weighted by Crippen LogP contribution is -2.63. The highest BCUT2D eigenvalue weighted by molar-refractivity contribution is 6.35. The van der Waals surface area contributed by atoms with E-state index in [1.165, 1.54) is 38.0 Å². The Hall–Kier alpha value is -6.64. The number of nitrogens with zero attached hydrogens (tertiary/aromatic N) is 6. The summed E-state index contributed by atoms with van der Waals surface area (Å²) in [5, 5.41) is 26.7. The van der Waals surface area contributed by atoms with E-state index in [0.717, 1.165) is 27.7 Å². The van der Waals surface area contributed by atoms with Crippen molar-refractivity contribution in [2.45, 2.75) is 146 Å². The van der Waals surface area contributed by atoms with Crippen LogP contribution in [0, 0.1) is 5.92 Å². The van der Waals surface area contributed by atoms with Crippen LogP contribution in [-0.2, 0) is 76.7 Å². The average molecular weight is 1240 g/mol. The fraction of sp³-hybridized carbons (Fsp3) is 0.597. The molecule has 5 amide bonds. The predicted molar refractivity (Wildman–Crippen MR) is 322 cm³/mol. The lowest BCUT2D eigenvalue weighted by Gasteiger charge is -2.42. The molecule has 4 aliphatic rings. The molecule has 3 fully saturated rings. The maximum Gasteiger partial charge on any atom is 0.409 e. The minimum absolute atomic E-state index is 0.00142. The first-order valence-electron chi connectivity index (χ1n) is 29.7. The maximum atomic E-state index is 14.5. The molecule has 87 heavy (non-hydrogen) atoms. The van der Waals surface area contributed by atoms with E-state index >= 15 is 0 Å². The van der Waals surface area contributed by atoms with Crippen LogP contribution >= 0.6 is 11.6 Å². The van der Waals surface area contributed by atoms with Crippen molar-refractivity contribution in [2.75, 3.05) is 93.4 Å². The van der Waals surface area contributed by atoms with Crippen LogP contribution in [0.4, 0.5) is 10.5 Å².